The largest absolute Gasteiger partial charge is 0.394 e. The predicted octanol–water partition coefficient (Wildman–Crippen LogP) is 8.83. The molecule has 0 aliphatic rings. The van der Waals surface area contributed by atoms with Crippen LogP contribution in [0.3, 0.4) is 0 Å². The van der Waals surface area contributed by atoms with Gasteiger partial charge in [-0.15, -0.1) is 0 Å². The Balaban J connectivity index is 0. The fourth-order valence-electron chi connectivity index (χ4n) is 3.45. The van der Waals surface area contributed by atoms with E-state index in [-0.39, 0.29) is 8.15 Å². The molecule has 0 aromatic heterocycles. The molecule has 190 valence electrons. The van der Waals surface area contributed by atoms with Gasteiger partial charge in [-0.2, -0.15) is 8.42 Å². The highest BCUT2D eigenvalue weighted by Crippen LogP contribution is 2.39. The van der Waals surface area contributed by atoms with Crippen molar-refractivity contribution in [1.82, 2.24) is 0 Å². The van der Waals surface area contributed by atoms with Gasteiger partial charge in [-0.25, -0.2) is 0 Å². The van der Waals surface area contributed by atoms with Gasteiger partial charge in [0.15, 0.2) is 0 Å². The van der Waals surface area contributed by atoms with Crippen LogP contribution in [0, 0.1) is 0 Å². The molecule has 2 N–H and O–H groups in total. The zero-order valence-electron chi connectivity index (χ0n) is 20.8. The van der Waals surface area contributed by atoms with Gasteiger partial charge in [0.1, 0.15) is 0 Å². The minimum Gasteiger partial charge on any atom is -0.359 e. The van der Waals surface area contributed by atoms with Crippen LogP contribution in [0.1, 0.15) is 136 Å². The van der Waals surface area contributed by atoms with E-state index in [0.29, 0.717) is 0 Å². The minimum absolute atomic E-state index is 0.137. The molecule has 0 radical (unpaired) electrons. The maximum atomic E-state index is 8.74. The summed E-state index contributed by atoms with van der Waals surface area (Å²) in [6.45, 7) is 7.93. The second kappa shape index (κ2) is 26.5. The van der Waals surface area contributed by atoms with Gasteiger partial charge >= 0.3 is 10.4 Å². The van der Waals surface area contributed by atoms with Crippen molar-refractivity contribution in [2.45, 2.75) is 136 Å². The fourth-order valence-corrected chi connectivity index (χ4v) is 5.48. The fraction of sp³-hybridized carbons (Fsp3) is 1.00. The van der Waals surface area contributed by atoms with E-state index in [1.165, 1.54) is 128 Å². The highest BCUT2D eigenvalue weighted by atomic mass is 32.3. The lowest BCUT2D eigenvalue weighted by atomic mass is 10.1. The molecule has 0 saturated carbocycles. The molecule has 31 heavy (non-hydrogen) atoms. The van der Waals surface area contributed by atoms with Gasteiger partial charge in [0.05, 0.1) is 6.61 Å². The summed E-state index contributed by atoms with van der Waals surface area (Å²) in [6.07, 6.45) is 27.9. The van der Waals surface area contributed by atoms with Crippen LogP contribution in [0.5, 0.6) is 0 Å². The Labute approximate surface area is 195 Å². The molecule has 0 atom stereocenters. The second-order valence-corrected chi connectivity index (χ2v) is 11.5. The zero-order valence-corrected chi connectivity index (χ0v) is 22.5. The molecular weight excluding hydrogens is 431 g/mol. The summed E-state index contributed by atoms with van der Waals surface area (Å²) >= 11 is 0. The molecule has 0 rings (SSSR count). The summed E-state index contributed by atoms with van der Waals surface area (Å²) in [5, 5.41) is 0. The first-order chi connectivity index (χ1) is 14.8. The molecule has 0 heterocycles. The number of hydrogen-bond acceptors (Lipinski definition) is 3. The molecule has 0 saturated heterocycles. The third kappa shape index (κ3) is 37.9. The smallest absolute Gasteiger partial charge is 0.359 e. The van der Waals surface area contributed by atoms with Crippen LogP contribution in [-0.2, 0) is 14.9 Å². The van der Waals surface area contributed by atoms with Crippen LogP contribution in [0.15, 0.2) is 0 Å². The Morgan fingerprint density at radius 1 is 0.548 bits per heavy atom. The third-order valence-electron chi connectivity index (χ3n) is 5.29. The molecule has 0 amide bonds. The van der Waals surface area contributed by atoms with E-state index < -0.39 is 10.4 Å². The summed E-state index contributed by atoms with van der Waals surface area (Å²) in [5.74, 6) is 0. The van der Waals surface area contributed by atoms with Gasteiger partial charge in [0.2, 0.25) is 0 Å². The summed E-state index contributed by atoms with van der Waals surface area (Å²) in [4.78, 5) is 0. The quantitative estimate of drug-likeness (QED) is 0.0910. The van der Waals surface area contributed by atoms with E-state index in [4.69, 9.17) is 22.0 Å². The van der Waals surface area contributed by atoms with Gasteiger partial charge in [-0.3, -0.25) is 9.11 Å². The van der Waals surface area contributed by atoms with Crippen LogP contribution in [0.2, 0.25) is 0 Å². The van der Waals surface area contributed by atoms with E-state index in [9.17, 15) is 0 Å². The first-order valence-electron chi connectivity index (χ1n) is 12.9. The molecular formula is C24H53O5PS. The van der Waals surface area contributed by atoms with E-state index in [1.807, 2.05) is 0 Å². The molecule has 0 unspecified atom stereocenters. The highest BCUT2D eigenvalue weighted by Gasteiger charge is 2.09. The number of unbranched alkanes of at least 4 members (excludes halogenated alkanes) is 15. The van der Waals surface area contributed by atoms with Gasteiger partial charge in [-0.1, -0.05) is 117 Å². The molecule has 0 aromatic rings. The summed E-state index contributed by atoms with van der Waals surface area (Å²) in [6, 6.07) is 0. The maximum Gasteiger partial charge on any atom is 0.394 e. The average Bonchev–Trinajstić information content (AvgIpc) is 2.70. The van der Waals surface area contributed by atoms with Crippen LogP contribution < -0.4 is 0 Å². The van der Waals surface area contributed by atoms with Gasteiger partial charge in [0, 0.05) is 8.15 Å². The van der Waals surface area contributed by atoms with Crippen molar-refractivity contribution in [3.8, 4) is 0 Å². The van der Waals surface area contributed by atoms with Crippen LogP contribution in [0.25, 0.3) is 0 Å². The zero-order chi connectivity index (χ0) is 23.6. The molecule has 0 aromatic carbocycles. The Hall–Kier alpha value is 0.260. The number of hydrogen-bond donors (Lipinski definition) is 2. The molecule has 0 spiro atoms. The van der Waals surface area contributed by atoms with Crippen molar-refractivity contribution in [1.29, 1.82) is 0 Å². The van der Waals surface area contributed by atoms with Crippen LogP contribution in [-0.4, -0.2) is 36.5 Å². The van der Waals surface area contributed by atoms with Gasteiger partial charge in [-0.05, 0) is 31.6 Å². The second-order valence-electron chi connectivity index (χ2n) is 8.51. The van der Waals surface area contributed by atoms with Crippen LogP contribution >= 0.6 is 8.15 Å². The van der Waals surface area contributed by atoms with Crippen molar-refractivity contribution in [2.75, 3.05) is 18.9 Å². The summed E-state index contributed by atoms with van der Waals surface area (Å²) in [5.41, 5.74) is 0. The highest BCUT2D eigenvalue weighted by molar-refractivity contribution is 7.79. The van der Waals surface area contributed by atoms with Crippen molar-refractivity contribution in [3.63, 3.8) is 0 Å². The predicted molar refractivity (Wildman–Crippen MR) is 137 cm³/mol. The van der Waals surface area contributed by atoms with Crippen molar-refractivity contribution in [2.24, 2.45) is 0 Å². The minimum atomic E-state index is -4.67. The van der Waals surface area contributed by atoms with E-state index in [0.717, 1.165) is 6.61 Å². The van der Waals surface area contributed by atoms with E-state index in [2.05, 4.69) is 20.8 Å². The number of rotatable bonds is 22. The van der Waals surface area contributed by atoms with Gasteiger partial charge in [0.25, 0.3) is 0 Å². The Morgan fingerprint density at radius 2 is 0.839 bits per heavy atom. The lowest BCUT2D eigenvalue weighted by Crippen LogP contribution is -1.98. The first-order valence-corrected chi connectivity index (χ1v) is 16.0. The molecule has 0 bridgehead atoms. The van der Waals surface area contributed by atoms with Crippen molar-refractivity contribution >= 4 is 18.5 Å². The molecule has 5 nitrogen and oxygen atoms in total. The average molecular weight is 485 g/mol. The standard InChI is InChI=1S/C24H51OP.H2O4S/c1-4-7-10-13-16-19-22-25-26(23-20-17-14-11-8-5-2)24-21-18-15-12-9-6-3;1-5(2,3)4/h4-24H2,1-3H3;(H2,1,2,3,4). The summed E-state index contributed by atoms with van der Waals surface area (Å²) < 4.78 is 38.0. The third-order valence-corrected chi connectivity index (χ3v) is 7.47. The Kier molecular flexibility index (Phi) is 28.6. The van der Waals surface area contributed by atoms with Crippen LogP contribution in [0.4, 0.5) is 0 Å². The first kappa shape index (κ1) is 33.4. The van der Waals surface area contributed by atoms with Crippen molar-refractivity contribution in [3.05, 3.63) is 0 Å². The normalized spacial score (nSPS) is 11.5. The monoisotopic (exact) mass is 484 g/mol. The van der Waals surface area contributed by atoms with Gasteiger partial charge < -0.3 is 4.52 Å². The van der Waals surface area contributed by atoms with E-state index >= 15 is 0 Å². The van der Waals surface area contributed by atoms with Crippen molar-refractivity contribution < 1.29 is 22.0 Å². The molecule has 0 aliphatic carbocycles. The van der Waals surface area contributed by atoms with E-state index in [1.54, 1.807) is 0 Å². The topological polar surface area (TPSA) is 83.8 Å². The Bertz CT molecular complexity index is 408. The Morgan fingerprint density at radius 3 is 1.19 bits per heavy atom. The SMILES string of the molecule is CCCCCCCCOP(CCCCCCCC)CCCCCCCC.O=S(=O)(O)O. The molecule has 0 aliphatic heterocycles. The molecule has 7 heteroatoms. The maximum absolute atomic E-state index is 8.74. The summed E-state index contributed by atoms with van der Waals surface area (Å²) in [7, 11) is -4.80. The molecule has 0 fully saturated rings. The lowest BCUT2D eigenvalue weighted by molar-refractivity contribution is 0.333. The lowest BCUT2D eigenvalue weighted by Gasteiger charge is -2.18.